The van der Waals surface area contributed by atoms with Crippen LogP contribution in [0, 0.1) is 5.82 Å². The van der Waals surface area contributed by atoms with E-state index in [1.807, 2.05) is 48.5 Å². The van der Waals surface area contributed by atoms with Gasteiger partial charge in [-0.25, -0.2) is 14.4 Å². The van der Waals surface area contributed by atoms with Crippen molar-refractivity contribution in [3.05, 3.63) is 96.1 Å². The van der Waals surface area contributed by atoms with Crippen molar-refractivity contribution in [3.8, 4) is 0 Å². The maximum atomic E-state index is 12.9. The van der Waals surface area contributed by atoms with Crippen molar-refractivity contribution >= 4 is 28.6 Å². The van der Waals surface area contributed by atoms with Gasteiger partial charge in [-0.05, 0) is 47.5 Å². The second kappa shape index (κ2) is 8.93. The van der Waals surface area contributed by atoms with Gasteiger partial charge in [-0.3, -0.25) is 0 Å². The van der Waals surface area contributed by atoms with E-state index < -0.39 is 0 Å². The van der Waals surface area contributed by atoms with Crippen molar-refractivity contribution in [1.29, 1.82) is 0 Å². The Balaban J connectivity index is 1.36. The van der Waals surface area contributed by atoms with Crippen LogP contribution in [0.25, 0.3) is 10.9 Å². The van der Waals surface area contributed by atoms with Gasteiger partial charge in [0.15, 0.2) is 0 Å². The molecule has 0 saturated heterocycles. The predicted molar refractivity (Wildman–Crippen MR) is 113 cm³/mol. The second-order valence-electron chi connectivity index (χ2n) is 6.46. The van der Waals surface area contributed by atoms with Crippen molar-refractivity contribution in [2.24, 2.45) is 5.16 Å². The molecular weight excluding hydrogens is 367 g/mol. The Bertz CT molecular complexity index is 1120. The topological polar surface area (TPSA) is 59.4 Å². The van der Waals surface area contributed by atoms with Crippen molar-refractivity contribution in [2.75, 3.05) is 5.32 Å². The average molecular weight is 386 g/mol. The van der Waals surface area contributed by atoms with Crippen molar-refractivity contribution in [1.82, 2.24) is 9.97 Å². The Labute approximate surface area is 167 Å². The van der Waals surface area contributed by atoms with Gasteiger partial charge in [0.2, 0.25) is 0 Å². The first-order valence-corrected chi connectivity index (χ1v) is 9.22. The number of nitrogens with zero attached hydrogens (tertiary/aromatic N) is 3. The molecule has 6 heteroatoms. The first-order chi connectivity index (χ1) is 14.3. The lowest BCUT2D eigenvalue weighted by atomic mass is 10.1. The number of oxime groups is 1. The minimum atomic E-state index is -0.263. The SMILES string of the molecule is Fc1ccc(CON=CCc2cccc(Nc3ncnc4ccccc34)c2)cc1. The van der Waals surface area contributed by atoms with E-state index in [1.54, 1.807) is 24.7 Å². The lowest BCUT2D eigenvalue weighted by Crippen LogP contribution is -1.97. The Morgan fingerprint density at radius 2 is 1.79 bits per heavy atom. The number of halogens is 1. The summed E-state index contributed by atoms with van der Waals surface area (Å²) in [6.45, 7) is 0.305. The normalized spacial score (nSPS) is 11.1. The molecule has 0 fully saturated rings. The van der Waals surface area contributed by atoms with E-state index >= 15 is 0 Å². The molecule has 3 aromatic carbocycles. The van der Waals surface area contributed by atoms with Gasteiger partial charge in [0.1, 0.15) is 24.6 Å². The molecule has 1 N–H and O–H groups in total. The number of anilines is 2. The third-order valence-corrected chi connectivity index (χ3v) is 4.35. The minimum Gasteiger partial charge on any atom is -0.391 e. The van der Waals surface area contributed by atoms with Crippen LogP contribution in [0.15, 0.2) is 84.3 Å². The van der Waals surface area contributed by atoms with Gasteiger partial charge >= 0.3 is 0 Å². The third kappa shape index (κ3) is 4.93. The summed E-state index contributed by atoms with van der Waals surface area (Å²) in [4.78, 5) is 13.9. The molecule has 1 aromatic heterocycles. The first kappa shape index (κ1) is 18.6. The lowest BCUT2D eigenvalue weighted by molar-refractivity contribution is 0.131. The molecular formula is C23H19FN4O. The Morgan fingerprint density at radius 3 is 2.69 bits per heavy atom. The van der Waals surface area contributed by atoms with Crippen LogP contribution in [0.5, 0.6) is 0 Å². The fourth-order valence-electron chi connectivity index (χ4n) is 2.91. The van der Waals surface area contributed by atoms with Gasteiger partial charge in [-0.1, -0.05) is 41.6 Å². The Morgan fingerprint density at radius 1 is 0.931 bits per heavy atom. The molecule has 0 amide bonds. The van der Waals surface area contributed by atoms with E-state index in [0.29, 0.717) is 13.0 Å². The van der Waals surface area contributed by atoms with Crippen molar-refractivity contribution in [3.63, 3.8) is 0 Å². The molecule has 5 nitrogen and oxygen atoms in total. The minimum absolute atomic E-state index is 0.263. The third-order valence-electron chi connectivity index (χ3n) is 4.35. The maximum absolute atomic E-state index is 12.9. The van der Waals surface area contributed by atoms with E-state index in [1.165, 1.54) is 12.1 Å². The second-order valence-corrected chi connectivity index (χ2v) is 6.46. The quantitative estimate of drug-likeness (QED) is 0.348. The molecule has 1 heterocycles. The summed E-state index contributed by atoms with van der Waals surface area (Å²) in [7, 11) is 0. The van der Waals surface area contributed by atoms with E-state index in [0.717, 1.165) is 33.5 Å². The first-order valence-electron chi connectivity index (χ1n) is 9.22. The van der Waals surface area contributed by atoms with Gasteiger partial charge in [0.05, 0.1) is 5.52 Å². The highest BCUT2D eigenvalue weighted by Gasteiger charge is 2.03. The molecule has 4 aromatic rings. The smallest absolute Gasteiger partial charge is 0.142 e. The summed E-state index contributed by atoms with van der Waals surface area (Å²) < 4.78 is 12.9. The van der Waals surface area contributed by atoms with Crippen LogP contribution in [0.1, 0.15) is 11.1 Å². The number of benzene rings is 3. The fraction of sp³-hybridized carbons (Fsp3) is 0.0870. The average Bonchev–Trinajstić information content (AvgIpc) is 2.75. The zero-order chi connectivity index (χ0) is 19.9. The molecule has 0 aliphatic rings. The molecule has 0 radical (unpaired) electrons. The highest BCUT2D eigenvalue weighted by atomic mass is 19.1. The van der Waals surface area contributed by atoms with E-state index in [2.05, 4.69) is 20.4 Å². The predicted octanol–water partition coefficient (Wildman–Crippen LogP) is 5.26. The molecule has 4 rings (SSSR count). The van der Waals surface area contributed by atoms with Crippen LogP contribution in [0.4, 0.5) is 15.9 Å². The zero-order valence-corrected chi connectivity index (χ0v) is 15.6. The summed E-state index contributed by atoms with van der Waals surface area (Å²) in [5.41, 5.74) is 3.79. The summed E-state index contributed by atoms with van der Waals surface area (Å²) in [5, 5.41) is 8.31. The number of hydrogen-bond acceptors (Lipinski definition) is 5. The van der Waals surface area contributed by atoms with Crippen molar-refractivity contribution in [2.45, 2.75) is 13.0 Å². The van der Waals surface area contributed by atoms with Gasteiger partial charge in [0.25, 0.3) is 0 Å². The van der Waals surface area contributed by atoms with Gasteiger partial charge < -0.3 is 10.2 Å². The van der Waals surface area contributed by atoms with Gasteiger partial charge in [-0.2, -0.15) is 0 Å². The summed E-state index contributed by atoms with van der Waals surface area (Å²) in [6.07, 6.45) is 3.89. The van der Waals surface area contributed by atoms with Crippen molar-refractivity contribution < 1.29 is 9.23 Å². The molecule has 0 bridgehead atoms. The number of rotatable bonds is 7. The van der Waals surface area contributed by atoms with Crippen LogP contribution in [0.3, 0.4) is 0 Å². The van der Waals surface area contributed by atoms with Gasteiger partial charge in [0, 0.05) is 23.7 Å². The van der Waals surface area contributed by atoms with E-state index in [9.17, 15) is 4.39 Å². The van der Waals surface area contributed by atoms with Crippen LogP contribution in [-0.2, 0) is 17.9 Å². The number of nitrogens with one attached hydrogen (secondary N) is 1. The highest BCUT2D eigenvalue weighted by Crippen LogP contribution is 2.23. The van der Waals surface area contributed by atoms with Crippen LogP contribution < -0.4 is 5.32 Å². The van der Waals surface area contributed by atoms with Crippen LogP contribution >= 0.6 is 0 Å². The van der Waals surface area contributed by atoms with E-state index in [-0.39, 0.29) is 5.82 Å². The largest absolute Gasteiger partial charge is 0.391 e. The number of hydrogen-bond donors (Lipinski definition) is 1. The zero-order valence-electron chi connectivity index (χ0n) is 15.6. The highest BCUT2D eigenvalue weighted by molar-refractivity contribution is 5.90. The van der Waals surface area contributed by atoms with Crippen LogP contribution in [-0.4, -0.2) is 16.2 Å². The lowest BCUT2D eigenvalue weighted by Gasteiger charge is -2.09. The molecule has 29 heavy (non-hydrogen) atoms. The fourth-order valence-corrected chi connectivity index (χ4v) is 2.91. The maximum Gasteiger partial charge on any atom is 0.142 e. The standard InChI is InChI=1S/C23H19FN4O/c24-19-10-8-18(9-11-19)15-29-27-13-12-17-4-3-5-20(14-17)28-23-21-6-1-2-7-22(21)25-16-26-23/h1-11,13-14,16H,12,15H2,(H,25,26,28). The Hall–Kier alpha value is -3.80. The van der Waals surface area contributed by atoms with Gasteiger partial charge in [-0.15, -0.1) is 0 Å². The molecule has 0 aliphatic carbocycles. The molecule has 0 aliphatic heterocycles. The molecule has 0 spiro atoms. The van der Waals surface area contributed by atoms with Crippen LogP contribution in [0.2, 0.25) is 0 Å². The number of fused-ring (bicyclic) bond motifs is 1. The van der Waals surface area contributed by atoms with E-state index in [4.69, 9.17) is 4.84 Å². The monoisotopic (exact) mass is 386 g/mol. The Kier molecular flexibility index (Phi) is 5.71. The molecule has 0 saturated carbocycles. The summed E-state index contributed by atoms with van der Waals surface area (Å²) in [5.74, 6) is 0.504. The number of aromatic nitrogens is 2. The summed E-state index contributed by atoms with van der Waals surface area (Å²) >= 11 is 0. The molecule has 144 valence electrons. The molecule has 0 atom stereocenters. The molecule has 0 unspecified atom stereocenters. The summed E-state index contributed by atoms with van der Waals surface area (Å²) in [6, 6.07) is 22.1. The number of para-hydroxylation sites is 1.